The lowest BCUT2D eigenvalue weighted by molar-refractivity contribution is 0.401. The zero-order chi connectivity index (χ0) is 14.0. The number of halogens is 1. The van der Waals surface area contributed by atoms with E-state index in [1.165, 1.54) is 36.0 Å². The van der Waals surface area contributed by atoms with Gasteiger partial charge in [-0.1, -0.05) is 18.0 Å². The van der Waals surface area contributed by atoms with Gasteiger partial charge in [0.15, 0.2) is 0 Å². The predicted octanol–water partition coefficient (Wildman–Crippen LogP) is 3.90. The number of fused-ring (bicyclic) bond motifs is 1. The fourth-order valence-electron chi connectivity index (χ4n) is 2.97. The highest BCUT2D eigenvalue weighted by molar-refractivity contribution is 6.32. The van der Waals surface area contributed by atoms with Crippen molar-refractivity contribution in [2.45, 2.75) is 57.9 Å². The Balaban J connectivity index is 2.55. The summed E-state index contributed by atoms with van der Waals surface area (Å²) in [5.41, 5.74) is 10.0. The van der Waals surface area contributed by atoms with E-state index in [2.05, 4.69) is 19.9 Å². The summed E-state index contributed by atoms with van der Waals surface area (Å²) in [7, 11) is 1.69. The molecule has 1 aromatic rings. The van der Waals surface area contributed by atoms with Crippen molar-refractivity contribution in [1.29, 1.82) is 0 Å². The van der Waals surface area contributed by atoms with E-state index in [9.17, 15) is 0 Å². The molecule has 0 aliphatic heterocycles. The lowest BCUT2D eigenvalue weighted by Crippen LogP contribution is -2.35. The summed E-state index contributed by atoms with van der Waals surface area (Å²) in [5, 5.41) is 0.724. The molecule has 2 nitrogen and oxygen atoms in total. The Morgan fingerprint density at radius 1 is 1.26 bits per heavy atom. The van der Waals surface area contributed by atoms with Gasteiger partial charge in [-0.25, -0.2) is 0 Å². The fourth-order valence-corrected chi connectivity index (χ4v) is 3.30. The molecule has 0 saturated heterocycles. The Kier molecular flexibility index (Phi) is 4.42. The molecule has 0 atom stereocenters. The van der Waals surface area contributed by atoms with Crippen LogP contribution in [0.1, 0.15) is 49.8 Å². The quantitative estimate of drug-likeness (QED) is 0.853. The van der Waals surface area contributed by atoms with Crippen molar-refractivity contribution in [2.75, 3.05) is 7.11 Å². The molecule has 0 saturated carbocycles. The van der Waals surface area contributed by atoms with Gasteiger partial charge in [-0.3, -0.25) is 0 Å². The highest BCUT2D eigenvalue weighted by atomic mass is 35.5. The van der Waals surface area contributed by atoms with E-state index in [0.29, 0.717) is 0 Å². The van der Waals surface area contributed by atoms with Crippen molar-refractivity contribution in [3.8, 4) is 5.75 Å². The molecule has 1 aliphatic rings. The zero-order valence-corrected chi connectivity index (χ0v) is 12.9. The number of benzene rings is 1. The van der Waals surface area contributed by atoms with Crippen LogP contribution in [-0.4, -0.2) is 12.6 Å². The zero-order valence-electron chi connectivity index (χ0n) is 12.2. The summed E-state index contributed by atoms with van der Waals surface area (Å²) in [6.07, 6.45) is 6.83. The third-order valence-corrected chi connectivity index (χ3v) is 4.03. The minimum atomic E-state index is -0.252. The van der Waals surface area contributed by atoms with E-state index >= 15 is 0 Å². The second-order valence-electron chi connectivity index (χ2n) is 6.23. The van der Waals surface area contributed by atoms with Gasteiger partial charge in [-0.15, -0.1) is 0 Å². The maximum absolute atomic E-state index is 6.38. The molecular formula is C16H24ClNO. The molecule has 0 amide bonds. The Morgan fingerprint density at radius 2 is 1.95 bits per heavy atom. The van der Waals surface area contributed by atoms with Gasteiger partial charge in [0.25, 0.3) is 0 Å². The molecular weight excluding hydrogens is 258 g/mol. The summed E-state index contributed by atoms with van der Waals surface area (Å²) in [6.45, 7) is 4.10. The molecule has 2 rings (SSSR count). The van der Waals surface area contributed by atoms with Crippen molar-refractivity contribution in [3.05, 3.63) is 27.8 Å². The van der Waals surface area contributed by atoms with Crippen LogP contribution in [0.5, 0.6) is 5.75 Å². The summed E-state index contributed by atoms with van der Waals surface area (Å²) >= 11 is 6.38. The first-order valence-electron chi connectivity index (χ1n) is 7.08. The fraction of sp³-hybridized carbons (Fsp3) is 0.625. The van der Waals surface area contributed by atoms with E-state index < -0.39 is 0 Å². The number of hydrogen-bond donors (Lipinski definition) is 1. The highest BCUT2D eigenvalue weighted by Gasteiger charge is 2.23. The molecule has 0 heterocycles. The molecule has 0 unspecified atom stereocenters. The third kappa shape index (κ3) is 3.43. The van der Waals surface area contributed by atoms with Gasteiger partial charge in [-0.2, -0.15) is 0 Å². The molecule has 0 aromatic heterocycles. The van der Waals surface area contributed by atoms with Crippen molar-refractivity contribution in [1.82, 2.24) is 0 Å². The molecule has 1 aliphatic carbocycles. The maximum atomic E-state index is 6.38. The number of nitrogens with two attached hydrogens (primary N) is 1. The van der Waals surface area contributed by atoms with Gasteiger partial charge in [-0.05, 0) is 63.1 Å². The van der Waals surface area contributed by atoms with Crippen LogP contribution >= 0.6 is 11.6 Å². The minimum Gasteiger partial charge on any atom is -0.495 e. The van der Waals surface area contributed by atoms with E-state index in [4.69, 9.17) is 22.1 Å². The van der Waals surface area contributed by atoms with Gasteiger partial charge in [0.1, 0.15) is 5.75 Å². The highest BCUT2D eigenvalue weighted by Crippen LogP contribution is 2.38. The second kappa shape index (κ2) is 5.72. The molecule has 1 aromatic carbocycles. The monoisotopic (exact) mass is 281 g/mol. The number of rotatable bonds is 3. The average Bonchev–Trinajstić information content (AvgIpc) is 2.52. The van der Waals surface area contributed by atoms with Crippen LogP contribution in [0.15, 0.2) is 6.07 Å². The third-order valence-electron chi connectivity index (χ3n) is 3.75. The molecule has 106 valence electrons. The number of methoxy groups -OCH3 is 1. The standard InChI is InChI=1S/C16H24ClNO/c1-16(2,18)10-13-12-8-6-4-5-7-11(12)9-14(17)15(13)19-3/h9H,4-8,10,18H2,1-3H3. The van der Waals surface area contributed by atoms with Crippen LogP contribution in [0.3, 0.4) is 0 Å². The topological polar surface area (TPSA) is 35.2 Å². The Labute approximate surface area is 121 Å². The second-order valence-corrected chi connectivity index (χ2v) is 6.64. The first-order chi connectivity index (χ1) is 8.92. The number of ether oxygens (including phenoxy) is 1. The van der Waals surface area contributed by atoms with E-state index in [1.807, 2.05) is 0 Å². The van der Waals surface area contributed by atoms with Gasteiger partial charge in [0.05, 0.1) is 12.1 Å². The molecule has 3 heteroatoms. The summed E-state index contributed by atoms with van der Waals surface area (Å²) in [4.78, 5) is 0. The van der Waals surface area contributed by atoms with Crippen LogP contribution in [-0.2, 0) is 19.3 Å². The van der Waals surface area contributed by atoms with Gasteiger partial charge in [0, 0.05) is 11.1 Å². The van der Waals surface area contributed by atoms with Crippen molar-refractivity contribution >= 4 is 11.6 Å². The molecule has 0 fully saturated rings. The largest absolute Gasteiger partial charge is 0.495 e. The Hall–Kier alpha value is -0.730. The van der Waals surface area contributed by atoms with Crippen molar-refractivity contribution in [3.63, 3.8) is 0 Å². The van der Waals surface area contributed by atoms with Crippen LogP contribution in [0.2, 0.25) is 5.02 Å². The van der Waals surface area contributed by atoms with Crippen molar-refractivity contribution < 1.29 is 4.74 Å². The number of aryl methyl sites for hydroxylation is 1. The van der Waals surface area contributed by atoms with Gasteiger partial charge < -0.3 is 10.5 Å². The van der Waals surface area contributed by atoms with E-state index in [0.717, 1.165) is 30.0 Å². The molecule has 2 N–H and O–H groups in total. The van der Waals surface area contributed by atoms with E-state index in [-0.39, 0.29) is 5.54 Å². The smallest absolute Gasteiger partial charge is 0.140 e. The molecule has 0 spiro atoms. The lowest BCUT2D eigenvalue weighted by atomic mass is 9.88. The summed E-state index contributed by atoms with van der Waals surface area (Å²) in [6, 6.07) is 2.09. The molecule has 19 heavy (non-hydrogen) atoms. The molecule has 0 radical (unpaired) electrons. The predicted molar refractivity (Wildman–Crippen MR) is 81.2 cm³/mol. The molecule has 0 bridgehead atoms. The van der Waals surface area contributed by atoms with Gasteiger partial charge >= 0.3 is 0 Å². The average molecular weight is 282 g/mol. The van der Waals surface area contributed by atoms with Crippen molar-refractivity contribution in [2.24, 2.45) is 5.73 Å². The Morgan fingerprint density at radius 3 is 2.58 bits per heavy atom. The van der Waals surface area contributed by atoms with Crippen LogP contribution in [0.4, 0.5) is 0 Å². The first kappa shape index (κ1) is 14.7. The lowest BCUT2D eigenvalue weighted by Gasteiger charge is -2.24. The SMILES string of the molecule is COc1c(Cl)cc2c(c1CC(C)(C)N)CCCCC2. The normalized spacial score (nSPS) is 15.8. The van der Waals surface area contributed by atoms with Crippen LogP contribution < -0.4 is 10.5 Å². The van der Waals surface area contributed by atoms with Gasteiger partial charge in [0.2, 0.25) is 0 Å². The van der Waals surface area contributed by atoms with E-state index in [1.54, 1.807) is 7.11 Å². The number of hydrogen-bond acceptors (Lipinski definition) is 2. The first-order valence-corrected chi connectivity index (χ1v) is 7.46. The minimum absolute atomic E-state index is 0.252. The maximum Gasteiger partial charge on any atom is 0.140 e. The van der Waals surface area contributed by atoms with Crippen LogP contribution in [0.25, 0.3) is 0 Å². The van der Waals surface area contributed by atoms with Crippen LogP contribution in [0, 0.1) is 0 Å². The summed E-state index contributed by atoms with van der Waals surface area (Å²) < 4.78 is 5.54. The Bertz CT molecular complexity index is 463. The summed E-state index contributed by atoms with van der Waals surface area (Å²) in [5.74, 6) is 0.820.